The third kappa shape index (κ3) is 5.31. The van der Waals surface area contributed by atoms with Crippen LogP contribution in [-0.4, -0.2) is 44.7 Å². The normalized spacial score (nSPS) is 19.2. The topological polar surface area (TPSA) is 24.5 Å². The van der Waals surface area contributed by atoms with E-state index in [1.165, 1.54) is 31.4 Å². The van der Waals surface area contributed by atoms with Crippen molar-refractivity contribution in [1.82, 2.24) is 10.2 Å². The van der Waals surface area contributed by atoms with Gasteiger partial charge in [-0.05, 0) is 63.5 Å². The first kappa shape index (κ1) is 17.3. The van der Waals surface area contributed by atoms with E-state index >= 15 is 0 Å². The van der Waals surface area contributed by atoms with Crippen molar-refractivity contribution in [1.29, 1.82) is 0 Å². The number of benzene rings is 1. The van der Waals surface area contributed by atoms with E-state index in [-0.39, 0.29) is 12.4 Å². The number of hydrogen-bond acceptors (Lipinski definition) is 3. The van der Waals surface area contributed by atoms with Crippen LogP contribution in [0.3, 0.4) is 0 Å². The van der Waals surface area contributed by atoms with E-state index in [2.05, 4.69) is 29.4 Å². The lowest BCUT2D eigenvalue weighted by Crippen LogP contribution is -2.34. The Kier molecular flexibility index (Phi) is 7.97. The summed E-state index contributed by atoms with van der Waals surface area (Å²) < 4.78 is 5.19. The van der Waals surface area contributed by atoms with Crippen molar-refractivity contribution < 1.29 is 4.74 Å². The summed E-state index contributed by atoms with van der Waals surface area (Å²) in [4.78, 5) is 2.53. The van der Waals surface area contributed by atoms with Crippen molar-refractivity contribution in [3.05, 3.63) is 29.8 Å². The third-order valence-corrected chi connectivity index (χ3v) is 4.08. The molecule has 4 heteroatoms. The zero-order valence-electron chi connectivity index (χ0n) is 12.6. The van der Waals surface area contributed by atoms with Gasteiger partial charge in [0.2, 0.25) is 0 Å². The second-order valence-corrected chi connectivity index (χ2v) is 5.41. The Morgan fingerprint density at radius 2 is 1.95 bits per heavy atom. The van der Waals surface area contributed by atoms with Crippen LogP contribution in [-0.2, 0) is 6.42 Å². The molecule has 20 heavy (non-hydrogen) atoms. The molecule has 1 N–H and O–H groups in total. The molecule has 1 aromatic rings. The molecule has 1 aromatic carbocycles. The first-order valence-electron chi connectivity index (χ1n) is 7.33. The largest absolute Gasteiger partial charge is 0.497 e. The van der Waals surface area contributed by atoms with Crippen LogP contribution in [0.25, 0.3) is 0 Å². The second-order valence-electron chi connectivity index (χ2n) is 5.41. The SMILES string of the molecule is COc1ccc(CCN(C)C2CCCNCC2)cc1.Cl. The van der Waals surface area contributed by atoms with E-state index < -0.39 is 0 Å². The lowest BCUT2D eigenvalue weighted by atomic mass is 10.1. The monoisotopic (exact) mass is 298 g/mol. The highest BCUT2D eigenvalue weighted by molar-refractivity contribution is 5.85. The van der Waals surface area contributed by atoms with Crippen LogP contribution < -0.4 is 10.1 Å². The summed E-state index contributed by atoms with van der Waals surface area (Å²) in [6.45, 7) is 3.48. The molecule has 114 valence electrons. The molecule has 0 aliphatic carbocycles. The van der Waals surface area contributed by atoms with Gasteiger partial charge in [0.1, 0.15) is 5.75 Å². The van der Waals surface area contributed by atoms with Crippen LogP contribution in [0, 0.1) is 0 Å². The van der Waals surface area contributed by atoms with Crippen LogP contribution in [0.1, 0.15) is 24.8 Å². The molecule has 2 rings (SSSR count). The molecule has 1 heterocycles. The second kappa shape index (κ2) is 9.22. The highest BCUT2D eigenvalue weighted by atomic mass is 35.5. The standard InChI is InChI=1S/C16H26N2O.ClH/c1-18(15-4-3-11-17-12-9-15)13-10-14-5-7-16(19-2)8-6-14;/h5-8,15,17H,3-4,9-13H2,1-2H3;1H. The van der Waals surface area contributed by atoms with Crippen molar-refractivity contribution in [2.24, 2.45) is 0 Å². The Morgan fingerprint density at radius 1 is 1.20 bits per heavy atom. The van der Waals surface area contributed by atoms with Gasteiger partial charge in [0.25, 0.3) is 0 Å². The molecule has 1 saturated heterocycles. The Hall–Kier alpha value is -0.770. The van der Waals surface area contributed by atoms with Gasteiger partial charge < -0.3 is 15.0 Å². The van der Waals surface area contributed by atoms with Crippen molar-refractivity contribution in [3.8, 4) is 5.75 Å². The molecule has 1 fully saturated rings. The summed E-state index contributed by atoms with van der Waals surface area (Å²) in [5.74, 6) is 0.937. The maximum absolute atomic E-state index is 5.19. The fraction of sp³-hybridized carbons (Fsp3) is 0.625. The average molecular weight is 299 g/mol. The molecule has 0 radical (unpaired) electrons. The van der Waals surface area contributed by atoms with Gasteiger partial charge in [-0.3, -0.25) is 0 Å². The number of hydrogen-bond donors (Lipinski definition) is 1. The molecular formula is C16H27ClN2O. The number of nitrogens with zero attached hydrogens (tertiary/aromatic N) is 1. The predicted octanol–water partition coefficient (Wildman–Crippen LogP) is 2.73. The summed E-state index contributed by atoms with van der Waals surface area (Å²) in [5.41, 5.74) is 1.39. The van der Waals surface area contributed by atoms with Crippen molar-refractivity contribution in [2.45, 2.75) is 31.7 Å². The van der Waals surface area contributed by atoms with E-state index in [4.69, 9.17) is 4.74 Å². The number of ether oxygens (including phenoxy) is 1. The lowest BCUT2D eigenvalue weighted by Gasteiger charge is -2.26. The minimum atomic E-state index is 0. The van der Waals surface area contributed by atoms with Gasteiger partial charge in [-0.25, -0.2) is 0 Å². The van der Waals surface area contributed by atoms with Gasteiger partial charge in [-0.2, -0.15) is 0 Å². The fourth-order valence-corrected chi connectivity index (χ4v) is 2.72. The van der Waals surface area contributed by atoms with Crippen LogP contribution in [0.15, 0.2) is 24.3 Å². The van der Waals surface area contributed by atoms with Gasteiger partial charge in [-0.1, -0.05) is 12.1 Å². The lowest BCUT2D eigenvalue weighted by molar-refractivity contribution is 0.227. The summed E-state index contributed by atoms with van der Waals surface area (Å²) in [5, 5.41) is 3.48. The molecule has 1 aliphatic heterocycles. The summed E-state index contributed by atoms with van der Waals surface area (Å²) >= 11 is 0. The van der Waals surface area contributed by atoms with E-state index in [1.807, 2.05) is 12.1 Å². The minimum absolute atomic E-state index is 0. The van der Waals surface area contributed by atoms with Crippen molar-refractivity contribution in [2.75, 3.05) is 33.8 Å². The van der Waals surface area contributed by atoms with Crippen LogP contribution in [0.4, 0.5) is 0 Å². The molecule has 0 saturated carbocycles. The highest BCUT2D eigenvalue weighted by Crippen LogP contribution is 2.14. The van der Waals surface area contributed by atoms with Crippen molar-refractivity contribution >= 4 is 12.4 Å². The van der Waals surface area contributed by atoms with Crippen LogP contribution in [0.2, 0.25) is 0 Å². The van der Waals surface area contributed by atoms with Crippen LogP contribution in [0.5, 0.6) is 5.75 Å². The summed E-state index contributed by atoms with van der Waals surface area (Å²) in [7, 11) is 3.97. The number of rotatable bonds is 5. The fourth-order valence-electron chi connectivity index (χ4n) is 2.72. The molecule has 0 bridgehead atoms. The smallest absolute Gasteiger partial charge is 0.118 e. The van der Waals surface area contributed by atoms with E-state index in [1.54, 1.807) is 7.11 Å². The summed E-state index contributed by atoms with van der Waals surface area (Å²) in [6.07, 6.45) is 5.02. The molecule has 1 atom stereocenters. The van der Waals surface area contributed by atoms with Crippen molar-refractivity contribution in [3.63, 3.8) is 0 Å². The van der Waals surface area contributed by atoms with Crippen LogP contribution >= 0.6 is 12.4 Å². The summed E-state index contributed by atoms with van der Waals surface area (Å²) in [6, 6.07) is 9.17. The molecule has 0 spiro atoms. The Morgan fingerprint density at radius 3 is 2.65 bits per heavy atom. The first-order valence-corrected chi connectivity index (χ1v) is 7.33. The quantitative estimate of drug-likeness (QED) is 0.904. The van der Waals surface area contributed by atoms with Gasteiger partial charge in [0.15, 0.2) is 0 Å². The molecule has 0 aromatic heterocycles. The van der Waals surface area contributed by atoms with Gasteiger partial charge in [-0.15, -0.1) is 12.4 Å². The number of likely N-dealkylation sites (N-methyl/N-ethyl adjacent to an activating group) is 1. The van der Waals surface area contributed by atoms with E-state index in [0.29, 0.717) is 0 Å². The zero-order chi connectivity index (χ0) is 13.5. The van der Waals surface area contributed by atoms with E-state index in [0.717, 1.165) is 31.3 Å². The molecule has 1 aliphatic rings. The van der Waals surface area contributed by atoms with Gasteiger partial charge in [0, 0.05) is 12.6 Å². The third-order valence-electron chi connectivity index (χ3n) is 4.08. The Bertz CT molecular complexity index is 361. The zero-order valence-corrected chi connectivity index (χ0v) is 13.4. The van der Waals surface area contributed by atoms with E-state index in [9.17, 15) is 0 Å². The number of methoxy groups -OCH3 is 1. The Labute approximate surface area is 129 Å². The molecule has 1 unspecified atom stereocenters. The van der Waals surface area contributed by atoms with Gasteiger partial charge >= 0.3 is 0 Å². The number of halogens is 1. The molecule has 0 amide bonds. The predicted molar refractivity (Wildman–Crippen MR) is 87.1 cm³/mol. The first-order chi connectivity index (χ1) is 9.29. The van der Waals surface area contributed by atoms with Gasteiger partial charge in [0.05, 0.1) is 7.11 Å². The molecular weight excluding hydrogens is 272 g/mol. The average Bonchev–Trinajstić information content (AvgIpc) is 2.74. The highest BCUT2D eigenvalue weighted by Gasteiger charge is 2.16. The minimum Gasteiger partial charge on any atom is -0.497 e. The number of nitrogens with one attached hydrogen (secondary N) is 1. The maximum Gasteiger partial charge on any atom is 0.118 e. The Balaban J connectivity index is 0.00000200. The molecule has 3 nitrogen and oxygen atoms in total. The maximum atomic E-state index is 5.19.